The number of rotatable bonds is 10. The maximum Gasteiger partial charge on any atom is 0.212 e. The Morgan fingerprint density at radius 3 is 2.67 bits per heavy atom. The molecule has 1 aromatic rings. The summed E-state index contributed by atoms with van der Waals surface area (Å²) in [5, 5.41) is 3.88. The number of nitrogens with one attached hydrogen (secondary N) is 2. The molecule has 1 rings (SSSR count). The SMILES string of the molecule is CCCNCCCCS(=O)(=O)NC(C)c1cccc(Cl)c1. The molecule has 6 heteroatoms. The predicted molar refractivity (Wildman–Crippen MR) is 89.2 cm³/mol. The highest BCUT2D eigenvalue weighted by Gasteiger charge is 2.15. The van der Waals surface area contributed by atoms with Gasteiger partial charge in [0, 0.05) is 11.1 Å². The van der Waals surface area contributed by atoms with Gasteiger partial charge in [-0.1, -0.05) is 30.7 Å². The van der Waals surface area contributed by atoms with Crippen LogP contribution >= 0.6 is 11.6 Å². The largest absolute Gasteiger partial charge is 0.317 e. The lowest BCUT2D eigenvalue weighted by atomic mass is 10.1. The Kier molecular flexibility index (Phi) is 8.26. The summed E-state index contributed by atoms with van der Waals surface area (Å²) in [6.45, 7) is 5.79. The molecule has 0 bridgehead atoms. The molecular weight excluding hydrogens is 308 g/mol. The lowest BCUT2D eigenvalue weighted by molar-refractivity contribution is 0.560. The van der Waals surface area contributed by atoms with E-state index in [2.05, 4.69) is 17.0 Å². The smallest absolute Gasteiger partial charge is 0.212 e. The zero-order valence-electron chi connectivity index (χ0n) is 12.7. The molecule has 4 nitrogen and oxygen atoms in total. The molecule has 0 aromatic heterocycles. The van der Waals surface area contributed by atoms with Gasteiger partial charge in [-0.15, -0.1) is 0 Å². The van der Waals surface area contributed by atoms with E-state index in [0.717, 1.165) is 31.5 Å². The summed E-state index contributed by atoms with van der Waals surface area (Å²) < 4.78 is 26.7. The van der Waals surface area contributed by atoms with Crippen LogP contribution < -0.4 is 10.0 Å². The third-order valence-corrected chi connectivity index (χ3v) is 4.92. The van der Waals surface area contributed by atoms with E-state index in [1.165, 1.54) is 0 Å². The number of hydrogen-bond acceptors (Lipinski definition) is 3. The van der Waals surface area contributed by atoms with Gasteiger partial charge in [-0.05, 0) is 57.0 Å². The number of halogens is 1. The molecule has 21 heavy (non-hydrogen) atoms. The van der Waals surface area contributed by atoms with Crippen LogP contribution in [0.5, 0.6) is 0 Å². The van der Waals surface area contributed by atoms with E-state index in [-0.39, 0.29) is 11.8 Å². The van der Waals surface area contributed by atoms with E-state index in [0.29, 0.717) is 11.4 Å². The molecule has 120 valence electrons. The second-order valence-electron chi connectivity index (χ2n) is 5.17. The summed E-state index contributed by atoms with van der Waals surface area (Å²) in [5.74, 6) is 0.158. The number of unbranched alkanes of at least 4 members (excludes halogenated alkanes) is 1. The van der Waals surface area contributed by atoms with Crippen LogP contribution in [-0.2, 0) is 10.0 Å². The molecule has 0 saturated heterocycles. The summed E-state index contributed by atoms with van der Waals surface area (Å²) in [5.41, 5.74) is 0.871. The van der Waals surface area contributed by atoms with Crippen LogP contribution in [0.25, 0.3) is 0 Å². The number of hydrogen-bond donors (Lipinski definition) is 2. The van der Waals surface area contributed by atoms with E-state index in [1.54, 1.807) is 12.1 Å². The van der Waals surface area contributed by atoms with Crippen LogP contribution in [0.1, 0.15) is 44.7 Å². The van der Waals surface area contributed by atoms with Crippen LogP contribution in [0.3, 0.4) is 0 Å². The van der Waals surface area contributed by atoms with Gasteiger partial charge >= 0.3 is 0 Å². The maximum atomic E-state index is 12.0. The van der Waals surface area contributed by atoms with Gasteiger partial charge in [0.2, 0.25) is 10.0 Å². The van der Waals surface area contributed by atoms with Gasteiger partial charge in [-0.25, -0.2) is 13.1 Å². The fraction of sp³-hybridized carbons (Fsp3) is 0.600. The minimum Gasteiger partial charge on any atom is -0.317 e. The lowest BCUT2D eigenvalue weighted by Crippen LogP contribution is -2.29. The molecule has 0 spiro atoms. The van der Waals surface area contributed by atoms with Crippen LogP contribution in [0, 0.1) is 0 Å². The highest BCUT2D eigenvalue weighted by molar-refractivity contribution is 7.89. The Balaban J connectivity index is 2.38. The second-order valence-corrected chi connectivity index (χ2v) is 7.48. The number of benzene rings is 1. The Morgan fingerprint density at radius 1 is 1.24 bits per heavy atom. The van der Waals surface area contributed by atoms with Gasteiger partial charge in [0.15, 0.2) is 0 Å². The molecule has 2 N–H and O–H groups in total. The van der Waals surface area contributed by atoms with Crippen molar-refractivity contribution in [1.29, 1.82) is 0 Å². The van der Waals surface area contributed by atoms with Crippen molar-refractivity contribution >= 4 is 21.6 Å². The van der Waals surface area contributed by atoms with Crippen molar-refractivity contribution < 1.29 is 8.42 Å². The predicted octanol–water partition coefficient (Wildman–Crippen LogP) is 3.10. The second kappa shape index (κ2) is 9.41. The van der Waals surface area contributed by atoms with Gasteiger partial charge in [0.25, 0.3) is 0 Å². The first-order valence-corrected chi connectivity index (χ1v) is 9.44. The van der Waals surface area contributed by atoms with Crippen molar-refractivity contribution in [3.63, 3.8) is 0 Å². The third kappa shape index (κ3) is 7.81. The third-order valence-electron chi connectivity index (χ3n) is 3.15. The van der Waals surface area contributed by atoms with E-state index < -0.39 is 10.0 Å². The molecule has 1 atom stereocenters. The molecule has 0 amide bonds. The molecule has 0 radical (unpaired) electrons. The highest BCUT2D eigenvalue weighted by Crippen LogP contribution is 2.18. The van der Waals surface area contributed by atoms with Crippen LogP contribution in [0.4, 0.5) is 0 Å². The fourth-order valence-corrected chi connectivity index (χ4v) is 3.59. The van der Waals surface area contributed by atoms with Crippen molar-refractivity contribution in [3.8, 4) is 0 Å². The van der Waals surface area contributed by atoms with Crippen molar-refractivity contribution in [3.05, 3.63) is 34.9 Å². The van der Waals surface area contributed by atoms with Gasteiger partial charge in [0.05, 0.1) is 5.75 Å². The molecule has 0 aliphatic rings. The van der Waals surface area contributed by atoms with E-state index in [4.69, 9.17) is 11.6 Å². The van der Waals surface area contributed by atoms with Crippen LogP contribution in [0.15, 0.2) is 24.3 Å². The minimum absolute atomic E-state index is 0.158. The topological polar surface area (TPSA) is 58.2 Å². The fourth-order valence-electron chi connectivity index (χ4n) is 2.02. The zero-order valence-corrected chi connectivity index (χ0v) is 14.3. The van der Waals surface area contributed by atoms with Crippen LogP contribution in [0.2, 0.25) is 5.02 Å². The molecular formula is C15H25ClN2O2S. The average molecular weight is 333 g/mol. The Bertz CT molecular complexity index is 520. The quantitative estimate of drug-likeness (QED) is 0.647. The summed E-state index contributed by atoms with van der Waals surface area (Å²) in [6.07, 6.45) is 2.62. The van der Waals surface area contributed by atoms with Crippen molar-refractivity contribution in [2.45, 2.75) is 39.2 Å². The molecule has 0 saturated carbocycles. The molecule has 0 fully saturated rings. The molecule has 0 aliphatic carbocycles. The first-order chi connectivity index (χ1) is 9.94. The molecule has 1 aromatic carbocycles. The summed E-state index contributed by atoms with van der Waals surface area (Å²) in [6, 6.07) is 6.97. The highest BCUT2D eigenvalue weighted by atomic mass is 35.5. The van der Waals surface area contributed by atoms with E-state index in [9.17, 15) is 8.42 Å². The average Bonchev–Trinajstić information content (AvgIpc) is 2.42. The summed E-state index contributed by atoms with van der Waals surface area (Å²) >= 11 is 5.92. The summed E-state index contributed by atoms with van der Waals surface area (Å²) in [4.78, 5) is 0. The molecule has 0 heterocycles. The van der Waals surface area contributed by atoms with Crippen molar-refractivity contribution in [2.24, 2.45) is 0 Å². The van der Waals surface area contributed by atoms with E-state index in [1.807, 2.05) is 19.1 Å². The van der Waals surface area contributed by atoms with Gasteiger partial charge in [0.1, 0.15) is 0 Å². The monoisotopic (exact) mass is 332 g/mol. The van der Waals surface area contributed by atoms with Crippen molar-refractivity contribution in [2.75, 3.05) is 18.8 Å². The Hall–Kier alpha value is -0.620. The molecule has 0 aliphatic heterocycles. The van der Waals surface area contributed by atoms with Gasteiger partial charge in [-0.2, -0.15) is 0 Å². The van der Waals surface area contributed by atoms with Gasteiger partial charge < -0.3 is 5.32 Å². The first-order valence-electron chi connectivity index (χ1n) is 7.41. The normalized spacial score (nSPS) is 13.3. The van der Waals surface area contributed by atoms with Crippen molar-refractivity contribution in [1.82, 2.24) is 10.0 Å². The first kappa shape index (κ1) is 18.4. The standard InChI is InChI=1S/C15H25ClN2O2S/c1-3-9-17-10-4-5-11-21(19,20)18-13(2)14-7-6-8-15(16)12-14/h6-8,12-13,17-18H,3-5,9-11H2,1-2H3. The molecule has 1 unspecified atom stereocenters. The van der Waals surface area contributed by atoms with Crippen LogP contribution in [-0.4, -0.2) is 27.3 Å². The zero-order chi connectivity index (χ0) is 15.7. The number of sulfonamides is 1. The summed E-state index contributed by atoms with van der Waals surface area (Å²) in [7, 11) is -3.26. The Morgan fingerprint density at radius 2 is 2.00 bits per heavy atom. The minimum atomic E-state index is -3.26. The Labute approximate surface area is 133 Å². The lowest BCUT2D eigenvalue weighted by Gasteiger charge is -2.15. The maximum absolute atomic E-state index is 12.0. The van der Waals surface area contributed by atoms with Gasteiger partial charge in [-0.3, -0.25) is 0 Å². The van der Waals surface area contributed by atoms with E-state index >= 15 is 0 Å².